The number of benzene rings is 2. The van der Waals surface area contributed by atoms with Crippen molar-refractivity contribution in [2.45, 2.75) is 26.7 Å². The molecule has 0 aliphatic heterocycles. The van der Waals surface area contributed by atoms with Crippen molar-refractivity contribution in [1.29, 1.82) is 0 Å². The maximum Gasteiger partial charge on any atom is 0.142 e. The van der Waals surface area contributed by atoms with E-state index in [-0.39, 0.29) is 16.3 Å². The summed E-state index contributed by atoms with van der Waals surface area (Å²) in [5.74, 6) is 0.655. The van der Waals surface area contributed by atoms with Gasteiger partial charge in [-0.1, -0.05) is 37.6 Å². The topological polar surface area (TPSA) is 38.0 Å². The molecule has 23 heavy (non-hydrogen) atoms. The molecule has 2 aromatic carbocycles. The summed E-state index contributed by atoms with van der Waals surface area (Å²) in [6.45, 7) is 7.29. The zero-order valence-electron chi connectivity index (χ0n) is 13.7. The highest BCUT2D eigenvalue weighted by Gasteiger charge is 2.57. The molecule has 0 spiro atoms. The van der Waals surface area contributed by atoms with Gasteiger partial charge >= 0.3 is 0 Å². The van der Waals surface area contributed by atoms with Crippen LogP contribution in [0.2, 0.25) is 5.02 Å². The second-order valence-electron chi connectivity index (χ2n) is 7.03. The maximum absolute atomic E-state index is 13.4. The monoisotopic (exact) mass is 332 g/mol. The number of rotatable bonds is 4. The molecular formula is C19H22ClFN2. The molecule has 0 bridgehead atoms. The highest BCUT2D eigenvalue weighted by atomic mass is 35.5. The third kappa shape index (κ3) is 3.02. The fraction of sp³-hybridized carbons (Fsp3) is 0.368. The van der Waals surface area contributed by atoms with Crippen LogP contribution in [-0.4, -0.2) is 6.54 Å². The van der Waals surface area contributed by atoms with Crippen LogP contribution in [0.15, 0.2) is 36.4 Å². The average Bonchev–Trinajstić information content (AvgIpc) is 3.03. The minimum absolute atomic E-state index is 0.156. The lowest BCUT2D eigenvalue weighted by Gasteiger charge is -2.11. The molecule has 2 atom stereocenters. The Morgan fingerprint density at radius 1 is 1.22 bits per heavy atom. The fourth-order valence-electron chi connectivity index (χ4n) is 3.55. The minimum Gasteiger partial charge on any atom is -0.399 e. The van der Waals surface area contributed by atoms with Crippen molar-refractivity contribution in [3.05, 3.63) is 58.4 Å². The van der Waals surface area contributed by atoms with Gasteiger partial charge in [-0.3, -0.25) is 0 Å². The van der Waals surface area contributed by atoms with E-state index in [0.717, 1.165) is 23.5 Å². The third-order valence-electron chi connectivity index (χ3n) is 5.13. The molecule has 1 aliphatic carbocycles. The number of nitrogens with two attached hydrogens (primary N) is 1. The Balaban J connectivity index is 1.71. The summed E-state index contributed by atoms with van der Waals surface area (Å²) in [4.78, 5) is 0. The zero-order chi connectivity index (χ0) is 16.8. The van der Waals surface area contributed by atoms with Gasteiger partial charge in [0.2, 0.25) is 0 Å². The predicted molar refractivity (Wildman–Crippen MR) is 95.5 cm³/mol. The van der Waals surface area contributed by atoms with Gasteiger partial charge in [-0.25, -0.2) is 4.39 Å². The normalized spacial score (nSPS) is 22.0. The first-order valence-electron chi connectivity index (χ1n) is 7.85. The van der Waals surface area contributed by atoms with Crippen LogP contribution in [0.4, 0.5) is 15.8 Å². The molecule has 1 aliphatic rings. The van der Waals surface area contributed by atoms with E-state index in [9.17, 15) is 4.39 Å². The van der Waals surface area contributed by atoms with Crippen LogP contribution in [0.1, 0.15) is 30.9 Å². The molecule has 3 rings (SSSR count). The van der Waals surface area contributed by atoms with Gasteiger partial charge in [0, 0.05) is 17.9 Å². The van der Waals surface area contributed by atoms with Crippen LogP contribution in [-0.2, 0) is 0 Å². The van der Waals surface area contributed by atoms with E-state index in [1.807, 2.05) is 19.1 Å². The number of hydrogen-bond acceptors (Lipinski definition) is 2. The average molecular weight is 333 g/mol. The van der Waals surface area contributed by atoms with Crippen LogP contribution in [0.25, 0.3) is 0 Å². The van der Waals surface area contributed by atoms with Gasteiger partial charge in [0.25, 0.3) is 0 Å². The summed E-state index contributed by atoms with van der Waals surface area (Å²) < 4.78 is 13.4. The van der Waals surface area contributed by atoms with E-state index >= 15 is 0 Å². The van der Waals surface area contributed by atoms with Crippen LogP contribution >= 0.6 is 11.6 Å². The molecule has 0 saturated heterocycles. The van der Waals surface area contributed by atoms with E-state index in [1.54, 1.807) is 6.07 Å². The molecular weight excluding hydrogens is 311 g/mol. The molecule has 122 valence electrons. The number of halogens is 2. The number of anilines is 2. The Hall–Kier alpha value is -1.74. The number of nitrogens with one attached hydrogen (secondary N) is 1. The van der Waals surface area contributed by atoms with Crippen molar-refractivity contribution < 1.29 is 4.39 Å². The van der Waals surface area contributed by atoms with E-state index in [2.05, 4.69) is 31.3 Å². The zero-order valence-corrected chi connectivity index (χ0v) is 14.4. The summed E-state index contributed by atoms with van der Waals surface area (Å²) in [5, 5.41) is 3.59. The largest absolute Gasteiger partial charge is 0.399 e. The van der Waals surface area contributed by atoms with Crippen molar-refractivity contribution >= 4 is 23.0 Å². The second-order valence-corrected chi connectivity index (χ2v) is 7.44. The first kappa shape index (κ1) is 16.1. The molecule has 3 N–H and O–H groups in total. The standard InChI is InChI=1S/C19H22ClFN2/c1-11-8-16(21)15(20)9-17(11)23-10-14-18(19(14,2)3)12-4-6-13(22)7-5-12/h4-9,14,18,23H,10,22H2,1-3H3/t14-,18?/m1/s1. The van der Waals surface area contributed by atoms with Crippen LogP contribution in [0.5, 0.6) is 0 Å². The molecule has 0 amide bonds. The fourth-order valence-corrected chi connectivity index (χ4v) is 3.71. The van der Waals surface area contributed by atoms with Gasteiger partial charge in [0.1, 0.15) is 5.82 Å². The van der Waals surface area contributed by atoms with Crippen molar-refractivity contribution in [2.24, 2.45) is 11.3 Å². The summed E-state index contributed by atoms with van der Waals surface area (Å²) in [6.07, 6.45) is 0. The Kier molecular flexibility index (Phi) is 4.01. The quantitative estimate of drug-likeness (QED) is 0.753. The number of hydrogen-bond donors (Lipinski definition) is 2. The van der Waals surface area contributed by atoms with Crippen molar-refractivity contribution in [1.82, 2.24) is 0 Å². The number of nitrogen functional groups attached to an aromatic ring is 1. The molecule has 2 aromatic rings. The lowest BCUT2D eigenvalue weighted by Crippen LogP contribution is -2.08. The van der Waals surface area contributed by atoms with E-state index < -0.39 is 0 Å². The van der Waals surface area contributed by atoms with Crippen molar-refractivity contribution in [3.8, 4) is 0 Å². The summed E-state index contributed by atoms with van der Waals surface area (Å²) >= 11 is 5.89. The lowest BCUT2D eigenvalue weighted by atomic mass is 10.0. The van der Waals surface area contributed by atoms with Gasteiger partial charge in [-0.15, -0.1) is 0 Å². The summed E-state index contributed by atoms with van der Waals surface area (Å²) in [6, 6.07) is 11.3. The smallest absolute Gasteiger partial charge is 0.142 e. The summed E-state index contributed by atoms with van der Waals surface area (Å²) in [5.41, 5.74) is 9.89. The first-order chi connectivity index (χ1) is 10.8. The Morgan fingerprint density at radius 2 is 1.87 bits per heavy atom. The van der Waals surface area contributed by atoms with Crippen molar-refractivity contribution in [3.63, 3.8) is 0 Å². The Labute approximate surface area is 141 Å². The third-order valence-corrected chi connectivity index (χ3v) is 5.42. The molecule has 1 saturated carbocycles. The molecule has 1 unspecified atom stereocenters. The first-order valence-corrected chi connectivity index (χ1v) is 8.23. The highest BCUT2D eigenvalue weighted by Crippen LogP contribution is 2.64. The Morgan fingerprint density at radius 3 is 2.52 bits per heavy atom. The molecule has 0 aromatic heterocycles. The van der Waals surface area contributed by atoms with Crippen LogP contribution in [0.3, 0.4) is 0 Å². The van der Waals surface area contributed by atoms with Gasteiger partial charge in [-0.05, 0) is 59.6 Å². The van der Waals surface area contributed by atoms with E-state index in [1.165, 1.54) is 11.6 Å². The number of aryl methyl sites for hydroxylation is 1. The predicted octanol–water partition coefficient (Wildman–Crippen LogP) is 5.22. The maximum atomic E-state index is 13.4. The Bertz CT molecular complexity index is 725. The highest BCUT2D eigenvalue weighted by molar-refractivity contribution is 6.31. The molecule has 1 fully saturated rings. The van der Waals surface area contributed by atoms with Crippen molar-refractivity contribution in [2.75, 3.05) is 17.6 Å². The van der Waals surface area contributed by atoms with Crippen LogP contribution in [0, 0.1) is 24.1 Å². The lowest BCUT2D eigenvalue weighted by molar-refractivity contribution is 0.565. The SMILES string of the molecule is Cc1cc(F)c(Cl)cc1NC[C@@H]1C(c2ccc(N)cc2)C1(C)C. The van der Waals surface area contributed by atoms with Gasteiger partial charge in [0.05, 0.1) is 5.02 Å². The molecule has 0 radical (unpaired) electrons. The second kappa shape index (κ2) is 5.72. The molecule has 4 heteroatoms. The summed E-state index contributed by atoms with van der Waals surface area (Å²) in [7, 11) is 0. The van der Waals surface area contributed by atoms with E-state index in [4.69, 9.17) is 17.3 Å². The molecule has 0 heterocycles. The van der Waals surface area contributed by atoms with Gasteiger partial charge in [-0.2, -0.15) is 0 Å². The van der Waals surface area contributed by atoms with Crippen LogP contribution < -0.4 is 11.1 Å². The molecule has 2 nitrogen and oxygen atoms in total. The van der Waals surface area contributed by atoms with Gasteiger partial charge in [0.15, 0.2) is 0 Å². The minimum atomic E-state index is -0.374. The van der Waals surface area contributed by atoms with E-state index in [0.29, 0.717) is 11.8 Å². The van der Waals surface area contributed by atoms with Gasteiger partial charge < -0.3 is 11.1 Å².